The molecule has 0 spiro atoms. The van der Waals surface area contributed by atoms with Crippen LogP contribution < -0.4 is 5.43 Å². The zero-order chi connectivity index (χ0) is 13.7. The van der Waals surface area contributed by atoms with Gasteiger partial charge in [0.05, 0.1) is 6.21 Å². The van der Waals surface area contributed by atoms with Crippen molar-refractivity contribution in [2.24, 2.45) is 5.10 Å². The first-order chi connectivity index (χ1) is 9.19. The van der Waals surface area contributed by atoms with E-state index in [1.807, 2.05) is 30.5 Å². The molecule has 2 rings (SSSR count). The maximum atomic E-state index is 11.6. The summed E-state index contributed by atoms with van der Waals surface area (Å²) in [5.74, 6) is 0.597. The van der Waals surface area contributed by atoms with Crippen LogP contribution in [0.1, 0.15) is 21.9 Å². The Morgan fingerprint density at radius 3 is 2.58 bits per heavy atom. The SMILES string of the molecule is CSc1ccc(C=NNC(=O)c2ccc(C)o2)cc1. The van der Waals surface area contributed by atoms with Crippen LogP contribution in [0.25, 0.3) is 0 Å². The first-order valence-electron chi connectivity index (χ1n) is 5.73. The van der Waals surface area contributed by atoms with Crippen LogP contribution in [0, 0.1) is 6.92 Å². The predicted molar refractivity (Wildman–Crippen MR) is 76.7 cm³/mol. The minimum absolute atomic E-state index is 0.257. The van der Waals surface area contributed by atoms with Gasteiger partial charge in [-0.3, -0.25) is 4.79 Å². The van der Waals surface area contributed by atoms with Crippen molar-refractivity contribution >= 4 is 23.9 Å². The van der Waals surface area contributed by atoms with E-state index in [1.54, 1.807) is 37.0 Å². The summed E-state index contributed by atoms with van der Waals surface area (Å²) < 4.78 is 5.19. The minimum Gasteiger partial charge on any atom is -0.456 e. The Balaban J connectivity index is 1.94. The third-order valence-electron chi connectivity index (χ3n) is 2.46. The molecule has 1 heterocycles. The molecule has 1 amide bonds. The number of carbonyl (C=O) groups is 1. The number of rotatable bonds is 4. The largest absolute Gasteiger partial charge is 0.456 e. The second-order valence-corrected chi connectivity index (χ2v) is 4.76. The number of amides is 1. The highest BCUT2D eigenvalue weighted by atomic mass is 32.2. The fourth-order valence-electron chi connectivity index (χ4n) is 1.47. The van der Waals surface area contributed by atoms with Gasteiger partial charge in [0.1, 0.15) is 5.76 Å². The lowest BCUT2D eigenvalue weighted by Crippen LogP contribution is -2.16. The number of benzene rings is 1. The normalized spacial score (nSPS) is 10.8. The van der Waals surface area contributed by atoms with E-state index in [-0.39, 0.29) is 11.7 Å². The average molecular weight is 274 g/mol. The Kier molecular flexibility index (Phi) is 4.41. The molecule has 2 aromatic rings. The van der Waals surface area contributed by atoms with Gasteiger partial charge in [0, 0.05) is 4.90 Å². The number of thioether (sulfide) groups is 1. The Bertz CT molecular complexity index is 588. The highest BCUT2D eigenvalue weighted by Crippen LogP contribution is 2.13. The monoisotopic (exact) mass is 274 g/mol. The molecule has 0 fully saturated rings. The van der Waals surface area contributed by atoms with E-state index in [9.17, 15) is 4.79 Å². The van der Waals surface area contributed by atoms with Crippen LogP contribution >= 0.6 is 11.8 Å². The van der Waals surface area contributed by atoms with Crippen molar-refractivity contribution in [3.63, 3.8) is 0 Å². The molecule has 1 N–H and O–H groups in total. The predicted octanol–water partition coefficient (Wildman–Crippen LogP) is 3.07. The van der Waals surface area contributed by atoms with Gasteiger partial charge in [-0.1, -0.05) is 12.1 Å². The van der Waals surface area contributed by atoms with Crippen molar-refractivity contribution in [2.75, 3.05) is 6.26 Å². The fraction of sp³-hybridized carbons (Fsp3) is 0.143. The average Bonchev–Trinajstić information content (AvgIpc) is 2.86. The van der Waals surface area contributed by atoms with Gasteiger partial charge in [0.15, 0.2) is 5.76 Å². The van der Waals surface area contributed by atoms with Gasteiger partial charge >= 0.3 is 5.91 Å². The van der Waals surface area contributed by atoms with Crippen LogP contribution in [0.4, 0.5) is 0 Å². The molecule has 0 unspecified atom stereocenters. The number of nitrogens with one attached hydrogen (secondary N) is 1. The topological polar surface area (TPSA) is 54.6 Å². The molecular formula is C14H14N2O2S. The van der Waals surface area contributed by atoms with E-state index in [4.69, 9.17) is 4.42 Å². The highest BCUT2D eigenvalue weighted by Gasteiger charge is 2.07. The molecule has 4 nitrogen and oxygen atoms in total. The van der Waals surface area contributed by atoms with Gasteiger partial charge in [-0.15, -0.1) is 11.8 Å². The van der Waals surface area contributed by atoms with E-state index in [0.717, 1.165) is 5.56 Å². The van der Waals surface area contributed by atoms with Crippen LogP contribution in [0.3, 0.4) is 0 Å². The molecule has 0 atom stereocenters. The third kappa shape index (κ3) is 3.72. The molecule has 5 heteroatoms. The van der Waals surface area contributed by atoms with Gasteiger partial charge in [0.2, 0.25) is 0 Å². The lowest BCUT2D eigenvalue weighted by Gasteiger charge is -1.97. The molecule has 0 radical (unpaired) electrons. The van der Waals surface area contributed by atoms with Crippen molar-refractivity contribution in [1.82, 2.24) is 5.43 Å². The first-order valence-corrected chi connectivity index (χ1v) is 6.95. The quantitative estimate of drug-likeness (QED) is 0.529. The number of nitrogens with zero attached hydrogens (tertiary/aromatic N) is 1. The number of hydrogen-bond acceptors (Lipinski definition) is 4. The van der Waals surface area contributed by atoms with Crippen LogP contribution in [-0.4, -0.2) is 18.4 Å². The summed E-state index contributed by atoms with van der Waals surface area (Å²) >= 11 is 1.68. The van der Waals surface area contributed by atoms with Gasteiger partial charge < -0.3 is 4.42 Å². The molecule has 0 bridgehead atoms. The number of hydrazone groups is 1. The summed E-state index contributed by atoms with van der Waals surface area (Å²) in [5.41, 5.74) is 3.35. The number of furan rings is 1. The van der Waals surface area contributed by atoms with Crippen LogP contribution in [0.5, 0.6) is 0 Å². The zero-order valence-corrected chi connectivity index (χ0v) is 11.5. The van der Waals surface area contributed by atoms with Crippen LogP contribution in [-0.2, 0) is 0 Å². The Hall–Kier alpha value is -2.01. The first kappa shape index (κ1) is 13.4. The molecular weight excluding hydrogens is 260 g/mol. The summed E-state index contributed by atoms with van der Waals surface area (Å²) in [6.07, 6.45) is 3.62. The van der Waals surface area contributed by atoms with Crippen molar-refractivity contribution in [3.8, 4) is 0 Å². The smallest absolute Gasteiger partial charge is 0.307 e. The molecule has 0 aliphatic heterocycles. The van der Waals surface area contributed by atoms with Gasteiger partial charge in [0.25, 0.3) is 0 Å². The van der Waals surface area contributed by atoms with E-state index in [1.165, 1.54) is 4.90 Å². The van der Waals surface area contributed by atoms with E-state index < -0.39 is 0 Å². The van der Waals surface area contributed by atoms with E-state index in [0.29, 0.717) is 5.76 Å². The third-order valence-corrected chi connectivity index (χ3v) is 3.20. The van der Waals surface area contributed by atoms with Crippen LogP contribution in [0.15, 0.2) is 50.8 Å². The molecule has 1 aromatic carbocycles. The summed E-state index contributed by atoms with van der Waals surface area (Å²) in [7, 11) is 0. The molecule has 1 aromatic heterocycles. The lowest BCUT2D eigenvalue weighted by atomic mass is 10.2. The van der Waals surface area contributed by atoms with Crippen molar-refractivity contribution in [3.05, 3.63) is 53.5 Å². The Morgan fingerprint density at radius 1 is 1.26 bits per heavy atom. The molecule has 0 saturated carbocycles. The van der Waals surface area contributed by atoms with E-state index >= 15 is 0 Å². The van der Waals surface area contributed by atoms with Crippen molar-refractivity contribution in [1.29, 1.82) is 0 Å². The molecule has 98 valence electrons. The molecule has 0 aliphatic carbocycles. The summed E-state index contributed by atoms with van der Waals surface area (Å²) in [4.78, 5) is 12.8. The molecule has 0 aliphatic rings. The minimum atomic E-state index is -0.356. The van der Waals surface area contributed by atoms with Gasteiger partial charge in [-0.05, 0) is 43.0 Å². The second kappa shape index (κ2) is 6.24. The lowest BCUT2D eigenvalue weighted by molar-refractivity contribution is 0.0926. The molecule has 0 saturated heterocycles. The number of hydrogen-bond donors (Lipinski definition) is 1. The fourth-order valence-corrected chi connectivity index (χ4v) is 1.88. The summed E-state index contributed by atoms with van der Waals surface area (Å²) in [6.45, 7) is 1.79. The summed E-state index contributed by atoms with van der Waals surface area (Å²) in [6, 6.07) is 11.2. The molecule has 19 heavy (non-hydrogen) atoms. The van der Waals surface area contributed by atoms with Crippen molar-refractivity contribution in [2.45, 2.75) is 11.8 Å². The highest BCUT2D eigenvalue weighted by molar-refractivity contribution is 7.98. The van der Waals surface area contributed by atoms with E-state index in [2.05, 4.69) is 10.5 Å². The Labute approximate surface area is 115 Å². The zero-order valence-electron chi connectivity index (χ0n) is 10.7. The van der Waals surface area contributed by atoms with Crippen LogP contribution in [0.2, 0.25) is 0 Å². The standard InChI is InChI=1S/C14H14N2O2S/c1-10-3-8-13(18-10)14(17)16-15-9-11-4-6-12(19-2)7-5-11/h3-9H,1-2H3,(H,16,17). The number of carbonyl (C=O) groups excluding carboxylic acids is 1. The maximum absolute atomic E-state index is 11.6. The Morgan fingerprint density at radius 2 is 2.00 bits per heavy atom. The van der Waals surface area contributed by atoms with Crippen molar-refractivity contribution < 1.29 is 9.21 Å². The van der Waals surface area contributed by atoms with Gasteiger partial charge in [-0.25, -0.2) is 5.43 Å². The maximum Gasteiger partial charge on any atom is 0.307 e. The van der Waals surface area contributed by atoms with Gasteiger partial charge in [-0.2, -0.15) is 5.10 Å². The number of aryl methyl sites for hydroxylation is 1. The summed E-state index contributed by atoms with van der Waals surface area (Å²) in [5, 5.41) is 3.89. The second-order valence-electron chi connectivity index (χ2n) is 3.88.